The summed E-state index contributed by atoms with van der Waals surface area (Å²) in [5.74, 6) is 0.413. The fourth-order valence-corrected chi connectivity index (χ4v) is 2.61. The van der Waals surface area contributed by atoms with Gasteiger partial charge >= 0.3 is 0 Å². The Bertz CT molecular complexity index is 311. The van der Waals surface area contributed by atoms with Crippen LogP contribution in [0.5, 0.6) is 0 Å². The second-order valence-electron chi connectivity index (χ2n) is 3.39. The van der Waals surface area contributed by atoms with Crippen molar-refractivity contribution in [3.8, 4) is 0 Å². The van der Waals surface area contributed by atoms with Gasteiger partial charge in [0.1, 0.15) is 0 Å². The first-order valence-electron chi connectivity index (χ1n) is 4.38. The summed E-state index contributed by atoms with van der Waals surface area (Å²) in [7, 11) is -2.87. The van der Waals surface area contributed by atoms with Crippen molar-refractivity contribution in [2.45, 2.75) is 13.0 Å². The molecule has 0 aromatic rings. The van der Waals surface area contributed by atoms with E-state index in [9.17, 15) is 8.42 Å². The number of nitrogens with zero attached hydrogens (tertiary/aromatic N) is 2. The molecule has 1 rings (SSSR count). The first kappa shape index (κ1) is 11.3. The van der Waals surface area contributed by atoms with Crippen LogP contribution in [0.1, 0.15) is 6.92 Å². The maximum atomic E-state index is 11.1. The first-order valence-corrected chi connectivity index (χ1v) is 6.20. The molecular formula is C7H15N3O3S. The molecule has 7 heteroatoms. The van der Waals surface area contributed by atoms with E-state index in [2.05, 4.69) is 5.16 Å². The fourth-order valence-electron chi connectivity index (χ4n) is 1.38. The molecule has 3 N–H and O–H groups in total. The minimum Gasteiger partial charge on any atom is -0.409 e. The second kappa shape index (κ2) is 4.14. The predicted octanol–water partition coefficient (Wildman–Crippen LogP) is -1.15. The maximum Gasteiger partial charge on any atom is 0.156 e. The molecule has 1 saturated heterocycles. The van der Waals surface area contributed by atoms with Gasteiger partial charge in [-0.2, -0.15) is 0 Å². The lowest BCUT2D eigenvalue weighted by atomic mass is 10.2. The van der Waals surface area contributed by atoms with Gasteiger partial charge in [-0.3, -0.25) is 4.90 Å². The summed E-state index contributed by atoms with van der Waals surface area (Å²) in [6, 6.07) is -0.213. The molecular weight excluding hydrogens is 206 g/mol. The quantitative estimate of drug-likeness (QED) is 0.266. The summed E-state index contributed by atoms with van der Waals surface area (Å²) in [4.78, 5) is 1.89. The zero-order valence-electron chi connectivity index (χ0n) is 8.05. The highest BCUT2D eigenvalue weighted by molar-refractivity contribution is 7.91. The molecule has 1 unspecified atom stereocenters. The molecule has 0 radical (unpaired) electrons. The lowest BCUT2D eigenvalue weighted by Crippen LogP contribution is -2.49. The fraction of sp³-hybridized carbons (Fsp3) is 0.857. The molecule has 0 amide bonds. The van der Waals surface area contributed by atoms with Crippen LogP contribution in [0.3, 0.4) is 0 Å². The average molecular weight is 221 g/mol. The maximum absolute atomic E-state index is 11.1. The van der Waals surface area contributed by atoms with Crippen LogP contribution in [-0.2, 0) is 9.84 Å². The van der Waals surface area contributed by atoms with E-state index in [0.29, 0.717) is 13.1 Å². The van der Waals surface area contributed by atoms with E-state index in [-0.39, 0.29) is 23.4 Å². The van der Waals surface area contributed by atoms with Gasteiger partial charge in [-0.1, -0.05) is 5.16 Å². The Labute approximate surface area is 83.3 Å². The van der Waals surface area contributed by atoms with Crippen LogP contribution < -0.4 is 5.73 Å². The van der Waals surface area contributed by atoms with Crippen molar-refractivity contribution < 1.29 is 13.6 Å². The van der Waals surface area contributed by atoms with E-state index in [1.807, 2.05) is 4.90 Å². The molecule has 1 aliphatic rings. The molecule has 82 valence electrons. The molecule has 1 heterocycles. The second-order valence-corrected chi connectivity index (χ2v) is 5.69. The Morgan fingerprint density at radius 3 is 2.43 bits per heavy atom. The standard InChI is InChI=1S/C7H15N3O3S/c1-6(7(8)9-11)10-2-4-14(12,13)5-3-10/h6,11H,2-5H2,1H3,(H2,8,9). The van der Waals surface area contributed by atoms with Crippen molar-refractivity contribution in [1.82, 2.24) is 4.90 Å². The van der Waals surface area contributed by atoms with Crippen molar-refractivity contribution in [3.63, 3.8) is 0 Å². The molecule has 0 spiro atoms. The van der Waals surface area contributed by atoms with Gasteiger partial charge in [-0.05, 0) is 6.92 Å². The third kappa shape index (κ3) is 2.58. The van der Waals surface area contributed by atoms with E-state index in [1.165, 1.54) is 0 Å². The predicted molar refractivity (Wildman–Crippen MR) is 53.1 cm³/mol. The van der Waals surface area contributed by atoms with Crippen molar-refractivity contribution >= 4 is 15.7 Å². The number of hydrogen-bond donors (Lipinski definition) is 2. The molecule has 1 aliphatic heterocycles. The number of amidine groups is 1. The topological polar surface area (TPSA) is 96.0 Å². The minimum absolute atomic E-state index is 0.115. The van der Waals surface area contributed by atoms with Crippen molar-refractivity contribution in [3.05, 3.63) is 0 Å². The van der Waals surface area contributed by atoms with Gasteiger partial charge in [0.2, 0.25) is 0 Å². The Kier molecular flexibility index (Phi) is 3.33. The van der Waals surface area contributed by atoms with Gasteiger partial charge in [0.05, 0.1) is 17.5 Å². The van der Waals surface area contributed by atoms with E-state index in [0.717, 1.165) is 0 Å². The zero-order valence-corrected chi connectivity index (χ0v) is 8.87. The Morgan fingerprint density at radius 2 is 2.00 bits per heavy atom. The third-order valence-corrected chi connectivity index (χ3v) is 4.08. The van der Waals surface area contributed by atoms with E-state index in [4.69, 9.17) is 10.9 Å². The van der Waals surface area contributed by atoms with Crippen LogP contribution in [-0.4, -0.2) is 55.0 Å². The number of sulfone groups is 1. The summed E-state index contributed by atoms with van der Waals surface area (Å²) in [5.41, 5.74) is 5.42. The van der Waals surface area contributed by atoms with Crippen molar-refractivity contribution in [2.24, 2.45) is 10.9 Å². The highest BCUT2D eigenvalue weighted by Gasteiger charge is 2.26. The Balaban J connectivity index is 2.58. The molecule has 0 saturated carbocycles. The number of nitrogens with two attached hydrogens (primary N) is 1. The van der Waals surface area contributed by atoms with Crippen molar-refractivity contribution in [2.75, 3.05) is 24.6 Å². The van der Waals surface area contributed by atoms with Crippen LogP contribution in [0.4, 0.5) is 0 Å². The molecule has 6 nitrogen and oxygen atoms in total. The molecule has 0 aromatic carbocycles. The minimum atomic E-state index is -2.87. The summed E-state index contributed by atoms with van der Waals surface area (Å²) in [5, 5.41) is 11.4. The van der Waals surface area contributed by atoms with Crippen molar-refractivity contribution in [1.29, 1.82) is 0 Å². The van der Waals surface area contributed by atoms with E-state index >= 15 is 0 Å². The first-order chi connectivity index (χ1) is 6.46. The smallest absolute Gasteiger partial charge is 0.156 e. The van der Waals surface area contributed by atoms with Gasteiger partial charge in [-0.15, -0.1) is 0 Å². The molecule has 0 bridgehead atoms. The SMILES string of the molecule is CC(C(N)=NO)N1CCS(=O)(=O)CC1. The monoisotopic (exact) mass is 221 g/mol. The zero-order chi connectivity index (χ0) is 10.8. The summed E-state index contributed by atoms with van der Waals surface area (Å²) < 4.78 is 22.2. The van der Waals surface area contributed by atoms with Gasteiger partial charge < -0.3 is 10.9 Å². The lowest BCUT2D eigenvalue weighted by Gasteiger charge is -2.31. The van der Waals surface area contributed by atoms with Crippen LogP contribution in [0.25, 0.3) is 0 Å². The lowest BCUT2D eigenvalue weighted by molar-refractivity contribution is 0.260. The van der Waals surface area contributed by atoms with Crippen LogP contribution >= 0.6 is 0 Å². The molecule has 0 aliphatic carbocycles. The highest BCUT2D eigenvalue weighted by atomic mass is 32.2. The highest BCUT2D eigenvalue weighted by Crippen LogP contribution is 2.07. The summed E-state index contributed by atoms with van der Waals surface area (Å²) in [6.45, 7) is 2.67. The Hall–Kier alpha value is -0.820. The van der Waals surface area contributed by atoms with E-state index < -0.39 is 9.84 Å². The summed E-state index contributed by atoms with van der Waals surface area (Å²) in [6.07, 6.45) is 0. The Morgan fingerprint density at radius 1 is 1.50 bits per heavy atom. The number of rotatable bonds is 2. The largest absolute Gasteiger partial charge is 0.409 e. The number of hydrogen-bond acceptors (Lipinski definition) is 5. The van der Waals surface area contributed by atoms with Gasteiger partial charge in [0, 0.05) is 13.1 Å². The molecule has 0 aromatic heterocycles. The van der Waals surface area contributed by atoms with Crippen LogP contribution in [0, 0.1) is 0 Å². The number of oxime groups is 1. The molecule has 1 fully saturated rings. The molecule has 1 atom stereocenters. The van der Waals surface area contributed by atoms with E-state index in [1.54, 1.807) is 6.92 Å². The van der Waals surface area contributed by atoms with Gasteiger partial charge in [-0.25, -0.2) is 8.42 Å². The van der Waals surface area contributed by atoms with Gasteiger partial charge in [0.15, 0.2) is 15.7 Å². The van der Waals surface area contributed by atoms with Crippen LogP contribution in [0.15, 0.2) is 5.16 Å². The van der Waals surface area contributed by atoms with Gasteiger partial charge in [0.25, 0.3) is 0 Å². The third-order valence-electron chi connectivity index (χ3n) is 2.47. The normalized spacial score (nSPS) is 25.9. The summed E-state index contributed by atoms with van der Waals surface area (Å²) >= 11 is 0. The van der Waals surface area contributed by atoms with Crippen LogP contribution in [0.2, 0.25) is 0 Å². The average Bonchev–Trinajstić information content (AvgIpc) is 2.15. The molecule has 14 heavy (non-hydrogen) atoms.